The van der Waals surface area contributed by atoms with Crippen LogP contribution in [0.25, 0.3) is 0 Å². The highest BCUT2D eigenvalue weighted by Crippen LogP contribution is 2.04. The molecule has 0 bridgehead atoms. The van der Waals surface area contributed by atoms with E-state index in [9.17, 15) is 24.3 Å². The summed E-state index contributed by atoms with van der Waals surface area (Å²) >= 11 is 1.45. The first-order valence-electron chi connectivity index (χ1n) is 10.5. The molecule has 11 N–H and O–H groups in total. The predicted octanol–water partition coefficient (Wildman–Crippen LogP) is -2.74. The molecule has 190 valence electrons. The maximum atomic E-state index is 12.7. The van der Waals surface area contributed by atoms with E-state index >= 15 is 0 Å². The lowest BCUT2D eigenvalue weighted by molar-refractivity contribution is -0.142. The largest absolute Gasteiger partial charge is 0.480 e. The van der Waals surface area contributed by atoms with Gasteiger partial charge >= 0.3 is 5.97 Å². The molecule has 3 amide bonds. The Kier molecular flexibility index (Phi) is 13.1. The molecule has 0 saturated heterocycles. The molecule has 1 aromatic rings. The van der Waals surface area contributed by atoms with Gasteiger partial charge in [-0.05, 0) is 31.3 Å². The minimum atomic E-state index is -1.17. The van der Waals surface area contributed by atoms with Crippen LogP contribution in [0.15, 0.2) is 17.5 Å². The molecule has 3 unspecified atom stereocenters. The number of nitrogens with one attached hydrogen (secondary N) is 4. The molecule has 14 nitrogen and oxygen atoms in total. The Labute approximate surface area is 201 Å². The number of carboxylic acids is 1. The second-order valence-corrected chi connectivity index (χ2v) is 8.34. The summed E-state index contributed by atoms with van der Waals surface area (Å²) in [6.45, 7) is -0.196. The van der Waals surface area contributed by atoms with Gasteiger partial charge in [0.05, 0.1) is 18.9 Å². The summed E-state index contributed by atoms with van der Waals surface area (Å²) in [4.78, 5) is 59.2. The Morgan fingerprint density at radius 3 is 2.50 bits per heavy atom. The van der Waals surface area contributed by atoms with Crippen LogP contribution in [-0.2, 0) is 25.6 Å². The van der Waals surface area contributed by atoms with E-state index in [1.54, 1.807) is 0 Å². The van der Waals surface area contributed by atoms with E-state index in [0.717, 1.165) is 0 Å². The smallest absolute Gasteiger partial charge is 0.326 e. The quantitative estimate of drug-likeness (QED) is 0.0662. The van der Waals surface area contributed by atoms with Crippen molar-refractivity contribution in [3.63, 3.8) is 0 Å². The maximum Gasteiger partial charge on any atom is 0.326 e. The summed E-state index contributed by atoms with van der Waals surface area (Å²) in [5.41, 5.74) is 17.1. The summed E-state index contributed by atoms with van der Waals surface area (Å²) < 4.78 is 0. The zero-order valence-electron chi connectivity index (χ0n) is 19.0. The van der Waals surface area contributed by atoms with Gasteiger partial charge in [-0.15, -0.1) is 0 Å². The summed E-state index contributed by atoms with van der Waals surface area (Å²) in [7, 11) is 0. The Morgan fingerprint density at radius 1 is 1.18 bits per heavy atom. The van der Waals surface area contributed by atoms with Gasteiger partial charge in [0.25, 0.3) is 0 Å². The number of hydrogen-bond acceptors (Lipinski definition) is 8. The van der Waals surface area contributed by atoms with Crippen molar-refractivity contribution < 1.29 is 24.3 Å². The molecule has 1 heterocycles. The number of thioether (sulfide) groups is 1. The number of imidazole rings is 1. The number of guanidine groups is 1. The lowest BCUT2D eigenvalue weighted by atomic mass is 10.1. The molecule has 0 radical (unpaired) electrons. The van der Waals surface area contributed by atoms with Crippen molar-refractivity contribution in [1.29, 1.82) is 0 Å². The second-order valence-electron chi connectivity index (χ2n) is 7.36. The van der Waals surface area contributed by atoms with E-state index in [1.165, 1.54) is 24.3 Å². The van der Waals surface area contributed by atoms with Crippen molar-refractivity contribution in [1.82, 2.24) is 25.9 Å². The number of rotatable bonds is 16. The van der Waals surface area contributed by atoms with Gasteiger partial charge in [-0.2, -0.15) is 11.8 Å². The van der Waals surface area contributed by atoms with Crippen molar-refractivity contribution >= 4 is 41.4 Å². The molecular formula is C19H33N9O5S. The Bertz CT molecular complexity index is 830. The van der Waals surface area contributed by atoms with Gasteiger partial charge in [0, 0.05) is 24.9 Å². The van der Waals surface area contributed by atoms with Gasteiger partial charge < -0.3 is 43.2 Å². The molecule has 3 atom stereocenters. The minimum absolute atomic E-state index is 0.109. The van der Waals surface area contributed by atoms with Crippen molar-refractivity contribution in [2.45, 2.75) is 43.8 Å². The molecular weight excluding hydrogens is 466 g/mol. The number of carbonyl (C=O) groups is 4. The van der Waals surface area contributed by atoms with Crippen LogP contribution in [0, 0.1) is 0 Å². The molecule has 0 fully saturated rings. The second kappa shape index (κ2) is 15.5. The number of aromatic amines is 1. The zero-order chi connectivity index (χ0) is 25.5. The lowest BCUT2D eigenvalue weighted by Crippen LogP contribution is -2.54. The van der Waals surface area contributed by atoms with Crippen LogP contribution in [0.5, 0.6) is 0 Å². The van der Waals surface area contributed by atoms with Gasteiger partial charge in [-0.25, -0.2) is 9.78 Å². The van der Waals surface area contributed by atoms with Gasteiger partial charge in [-0.3, -0.25) is 19.4 Å². The molecule has 34 heavy (non-hydrogen) atoms. The van der Waals surface area contributed by atoms with Crippen LogP contribution >= 0.6 is 11.8 Å². The normalized spacial score (nSPS) is 13.2. The SMILES string of the molecule is CSCCC(NC(=O)C(CCCN=C(N)N)NC(=O)CNC(=O)C(N)Cc1cnc[nH]1)C(=O)O. The first-order chi connectivity index (χ1) is 16.1. The van der Waals surface area contributed by atoms with Crippen LogP contribution in [0.4, 0.5) is 0 Å². The molecule has 0 aliphatic heterocycles. The van der Waals surface area contributed by atoms with Crippen molar-refractivity contribution in [3.05, 3.63) is 18.2 Å². The third-order valence-corrected chi connectivity index (χ3v) is 5.22. The molecule has 0 aliphatic carbocycles. The van der Waals surface area contributed by atoms with E-state index in [0.29, 0.717) is 17.9 Å². The summed E-state index contributed by atoms with van der Waals surface area (Å²) in [5.74, 6) is -2.60. The fourth-order valence-electron chi connectivity index (χ4n) is 2.81. The predicted molar refractivity (Wildman–Crippen MR) is 128 cm³/mol. The van der Waals surface area contributed by atoms with Crippen LogP contribution < -0.4 is 33.2 Å². The zero-order valence-corrected chi connectivity index (χ0v) is 19.8. The number of aliphatic carboxylic acids is 1. The van der Waals surface area contributed by atoms with E-state index in [-0.39, 0.29) is 31.8 Å². The first-order valence-corrected chi connectivity index (χ1v) is 11.9. The van der Waals surface area contributed by atoms with Crippen molar-refractivity contribution in [3.8, 4) is 0 Å². The van der Waals surface area contributed by atoms with Crippen molar-refractivity contribution in [2.75, 3.05) is 25.1 Å². The van der Waals surface area contributed by atoms with Crippen molar-refractivity contribution in [2.24, 2.45) is 22.2 Å². The molecule has 0 aromatic carbocycles. The summed E-state index contributed by atoms with van der Waals surface area (Å²) in [5, 5.41) is 16.7. The Hall–Kier alpha value is -3.33. The van der Waals surface area contributed by atoms with Gasteiger partial charge in [0.1, 0.15) is 12.1 Å². The number of nitrogens with zero attached hydrogens (tertiary/aromatic N) is 2. The molecule has 0 spiro atoms. The first kappa shape index (κ1) is 28.7. The number of carbonyl (C=O) groups excluding carboxylic acids is 3. The standard InChI is InChI=1S/C19H33N9O5S/c1-34-6-4-14(18(32)33)28-17(31)13(3-2-5-24-19(21)22)27-15(29)9-25-16(30)12(20)7-11-8-23-10-26-11/h8,10,12-14H,2-7,9,20H2,1H3,(H,23,26)(H,25,30)(H,27,29)(H,28,31)(H,32,33)(H4,21,22,24). The van der Waals surface area contributed by atoms with E-state index in [1.807, 2.05) is 6.26 Å². The monoisotopic (exact) mass is 499 g/mol. The average Bonchev–Trinajstić information content (AvgIpc) is 3.29. The fourth-order valence-corrected chi connectivity index (χ4v) is 3.28. The minimum Gasteiger partial charge on any atom is -0.480 e. The number of hydrogen-bond donors (Lipinski definition) is 8. The number of H-pyrrole nitrogens is 1. The Morgan fingerprint density at radius 2 is 1.91 bits per heavy atom. The lowest BCUT2D eigenvalue weighted by Gasteiger charge is -2.21. The highest BCUT2D eigenvalue weighted by atomic mass is 32.2. The molecule has 1 rings (SSSR count). The van der Waals surface area contributed by atoms with Crippen LogP contribution in [0.2, 0.25) is 0 Å². The van der Waals surface area contributed by atoms with Crippen LogP contribution in [0.3, 0.4) is 0 Å². The van der Waals surface area contributed by atoms with E-state index in [2.05, 4.69) is 30.9 Å². The van der Waals surface area contributed by atoms with E-state index in [4.69, 9.17) is 17.2 Å². The van der Waals surface area contributed by atoms with Crippen LogP contribution in [0.1, 0.15) is 25.0 Å². The summed E-state index contributed by atoms with van der Waals surface area (Å²) in [6, 6.07) is -3.05. The number of carboxylic acid groups (broad SMARTS) is 1. The third-order valence-electron chi connectivity index (χ3n) is 4.58. The van der Waals surface area contributed by atoms with Gasteiger partial charge in [0.15, 0.2) is 5.96 Å². The fraction of sp³-hybridized carbons (Fsp3) is 0.579. The summed E-state index contributed by atoms with van der Waals surface area (Å²) in [6.07, 6.45) is 5.74. The molecule has 0 saturated carbocycles. The average molecular weight is 500 g/mol. The molecule has 0 aliphatic rings. The number of aliphatic imine (C=N–C) groups is 1. The van der Waals surface area contributed by atoms with Gasteiger partial charge in [0.2, 0.25) is 17.7 Å². The number of amides is 3. The topological polar surface area (TPSA) is 244 Å². The Balaban J connectivity index is 2.68. The number of nitrogens with two attached hydrogens (primary N) is 3. The highest BCUT2D eigenvalue weighted by molar-refractivity contribution is 7.98. The maximum absolute atomic E-state index is 12.7. The number of aromatic nitrogens is 2. The third kappa shape index (κ3) is 11.5. The van der Waals surface area contributed by atoms with E-state index < -0.39 is 48.4 Å². The molecule has 15 heteroatoms. The van der Waals surface area contributed by atoms with Crippen LogP contribution in [-0.4, -0.2) is 87.9 Å². The highest BCUT2D eigenvalue weighted by Gasteiger charge is 2.26. The molecule has 1 aromatic heterocycles. The van der Waals surface area contributed by atoms with Gasteiger partial charge in [-0.1, -0.05) is 0 Å².